The third-order valence-corrected chi connectivity index (χ3v) is 5.75. The summed E-state index contributed by atoms with van der Waals surface area (Å²) in [6.07, 6.45) is 0. The van der Waals surface area contributed by atoms with Crippen molar-refractivity contribution in [2.45, 2.75) is 23.6 Å². The van der Waals surface area contributed by atoms with Crippen LogP contribution in [0.3, 0.4) is 0 Å². The van der Waals surface area contributed by atoms with Gasteiger partial charge in [-0.05, 0) is 31.2 Å². The molecule has 0 heterocycles. The predicted octanol–water partition coefficient (Wildman–Crippen LogP) is 0.381. The Labute approximate surface area is 125 Å². The molecule has 0 unspecified atom stereocenters. The van der Waals surface area contributed by atoms with Crippen LogP contribution in [0.15, 0.2) is 34.1 Å². The van der Waals surface area contributed by atoms with Crippen LogP contribution in [-0.4, -0.2) is 47.4 Å². The number of likely N-dealkylation sites (N-methyl/N-ethyl adjacent to an activating group) is 1. The molecule has 0 spiro atoms. The fourth-order valence-corrected chi connectivity index (χ4v) is 3.66. The van der Waals surface area contributed by atoms with Crippen molar-refractivity contribution < 1.29 is 21.6 Å². The first-order valence-electron chi connectivity index (χ1n) is 6.44. The van der Waals surface area contributed by atoms with E-state index in [0.717, 1.165) is 0 Å². The Hall–Kier alpha value is -1.00. The molecule has 1 aromatic rings. The zero-order valence-corrected chi connectivity index (χ0v) is 13.7. The maximum absolute atomic E-state index is 12.4. The number of nitrogens with zero attached hydrogens (tertiary/aromatic N) is 1. The second-order valence-electron chi connectivity index (χ2n) is 4.21. The van der Waals surface area contributed by atoms with Gasteiger partial charge in [-0.15, -0.1) is 0 Å². The second kappa shape index (κ2) is 7.32. The van der Waals surface area contributed by atoms with Crippen LogP contribution in [0.25, 0.3) is 0 Å². The molecule has 0 amide bonds. The molecule has 9 heteroatoms. The first kappa shape index (κ1) is 18.1. The number of nitrogens with two attached hydrogens (primary N) is 1. The van der Waals surface area contributed by atoms with E-state index in [1.54, 1.807) is 6.92 Å². The lowest BCUT2D eigenvalue weighted by Gasteiger charge is -2.20. The minimum Gasteiger partial charge on any atom is -0.380 e. The molecule has 2 N–H and O–H groups in total. The third-order valence-electron chi connectivity index (χ3n) is 2.83. The molecule has 120 valence electrons. The van der Waals surface area contributed by atoms with Crippen molar-refractivity contribution in [2.24, 2.45) is 5.14 Å². The smallest absolute Gasteiger partial charge is 0.243 e. The Bertz CT molecular complexity index is 653. The van der Waals surface area contributed by atoms with Gasteiger partial charge in [-0.25, -0.2) is 22.0 Å². The molecule has 1 rings (SSSR count). The largest absolute Gasteiger partial charge is 0.380 e. The monoisotopic (exact) mass is 336 g/mol. The highest BCUT2D eigenvalue weighted by atomic mass is 32.2. The summed E-state index contributed by atoms with van der Waals surface area (Å²) in [5, 5.41) is 4.98. The average molecular weight is 336 g/mol. The van der Waals surface area contributed by atoms with Crippen molar-refractivity contribution in [1.29, 1.82) is 0 Å². The summed E-state index contributed by atoms with van der Waals surface area (Å²) in [7, 11) is -7.51. The van der Waals surface area contributed by atoms with E-state index in [9.17, 15) is 16.8 Å². The van der Waals surface area contributed by atoms with Crippen molar-refractivity contribution in [3.8, 4) is 0 Å². The minimum atomic E-state index is -3.84. The molecule has 1 aromatic carbocycles. The van der Waals surface area contributed by atoms with Gasteiger partial charge in [0.25, 0.3) is 0 Å². The summed E-state index contributed by atoms with van der Waals surface area (Å²) in [5.74, 6) is 0. The Kier molecular flexibility index (Phi) is 6.29. The first-order valence-corrected chi connectivity index (χ1v) is 9.42. The molecule has 0 saturated heterocycles. The molecule has 0 atom stereocenters. The van der Waals surface area contributed by atoms with Crippen LogP contribution in [0.2, 0.25) is 0 Å². The molecular weight excluding hydrogens is 316 g/mol. The van der Waals surface area contributed by atoms with E-state index in [1.807, 2.05) is 6.92 Å². The quantitative estimate of drug-likeness (QED) is 0.691. The minimum absolute atomic E-state index is 0.0215. The SMILES string of the molecule is CCOCCN(CC)S(=O)(=O)c1ccc(S(N)(=O)=O)cc1. The number of hydrogen-bond acceptors (Lipinski definition) is 5. The van der Waals surface area contributed by atoms with E-state index in [1.165, 1.54) is 28.6 Å². The van der Waals surface area contributed by atoms with Crippen LogP contribution < -0.4 is 5.14 Å². The van der Waals surface area contributed by atoms with Gasteiger partial charge in [0.1, 0.15) is 0 Å². The maximum atomic E-state index is 12.4. The summed E-state index contributed by atoms with van der Waals surface area (Å²) < 4.78 is 53.6. The van der Waals surface area contributed by atoms with Crippen molar-refractivity contribution >= 4 is 20.0 Å². The van der Waals surface area contributed by atoms with Gasteiger partial charge in [-0.1, -0.05) is 6.92 Å². The number of benzene rings is 1. The number of primary sulfonamides is 1. The molecule has 7 nitrogen and oxygen atoms in total. The zero-order valence-electron chi connectivity index (χ0n) is 12.0. The summed E-state index contributed by atoms with van der Waals surface area (Å²) >= 11 is 0. The molecule has 0 saturated carbocycles. The van der Waals surface area contributed by atoms with Gasteiger partial charge in [0.05, 0.1) is 16.4 Å². The van der Waals surface area contributed by atoms with E-state index < -0.39 is 20.0 Å². The molecule has 0 aromatic heterocycles. The lowest BCUT2D eigenvalue weighted by Crippen LogP contribution is -2.34. The van der Waals surface area contributed by atoms with Crippen molar-refractivity contribution in [1.82, 2.24) is 4.31 Å². The fourth-order valence-electron chi connectivity index (χ4n) is 1.71. The first-order chi connectivity index (χ1) is 9.73. The normalized spacial score (nSPS) is 12.8. The lowest BCUT2D eigenvalue weighted by atomic mass is 10.4. The molecule has 0 aliphatic rings. The third kappa shape index (κ3) is 4.75. The van der Waals surface area contributed by atoms with E-state index in [2.05, 4.69) is 0 Å². The average Bonchev–Trinajstić information content (AvgIpc) is 2.42. The standard InChI is InChI=1S/C12H20N2O5S2/c1-3-14(9-10-19-4-2)21(17,18)12-7-5-11(6-8-12)20(13,15)16/h5-8H,3-4,9-10H2,1-2H3,(H2,13,15,16). The molecule has 0 aliphatic heterocycles. The summed E-state index contributed by atoms with van der Waals surface area (Å²) in [4.78, 5) is -0.105. The maximum Gasteiger partial charge on any atom is 0.243 e. The number of ether oxygens (including phenoxy) is 1. The predicted molar refractivity (Wildman–Crippen MR) is 78.7 cm³/mol. The molecule has 0 radical (unpaired) electrons. The number of rotatable bonds is 8. The van der Waals surface area contributed by atoms with Crippen molar-refractivity contribution in [3.05, 3.63) is 24.3 Å². The van der Waals surface area contributed by atoms with Gasteiger partial charge in [0.2, 0.25) is 20.0 Å². The van der Waals surface area contributed by atoms with Crippen LogP contribution in [0, 0.1) is 0 Å². The highest BCUT2D eigenvalue weighted by Gasteiger charge is 2.23. The highest BCUT2D eigenvalue weighted by Crippen LogP contribution is 2.17. The summed E-state index contributed by atoms with van der Waals surface area (Å²) in [5.41, 5.74) is 0. The van der Waals surface area contributed by atoms with E-state index >= 15 is 0 Å². The van der Waals surface area contributed by atoms with Crippen LogP contribution >= 0.6 is 0 Å². The van der Waals surface area contributed by atoms with Gasteiger partial charge < -0.3 is 4.74 Å². The van der Waals surface area contributed by atoms with E-state index in [4.69, 9.17) is 9.88 Å². The van der Waals surface area contributed by atoms with E-state index in [-0.39, 0.29) is 16.3 Å². The molecule has 0 aliphatic carbocycles. The Morgan fingerprint density at radius 1 is 1.05 bits per heavy atom. The molecular formula is C12H20N2O5S2. The lowest BCUT2D eigenvalue weighted by molar-refractivity contribution is 0.135. The van der Waals surface area contributed by atoms with Crippen molar-refractivity contribution in [2.75, 3.05) is 26.3 Å². The fraction of sp³-hybridized carbons (Fsp3) is 0.500. The summed E-state index contributed by atoms with van der Waals surface area (Å²) in [6, 6.07) is 4.83. The van der Waals surface area contributed by atoms with Gasteiger partial charge in [-0.2, -0.15) is 4.31 Å². The second-order valence-corrected chi connectivity index (χ2v) is 7.71. The van der Waals surface area contributed by atoms with Crippen LogP contribution in [-0.2, 0) is 24.8 Å². The molecule has 0 fully saturated rings. The van der Waals surface area contributed by atoms with Gasteiger partial charge >= 0.3 is 0 Å². The van der Waals surface area contributed by atoms with Gasteiger partial charge in [0, 0.05) is 19.7 Å². The summed E-state index contributed by atoms with van der Waals surface area (Å²) in [6.45, 7) is 4.91. The van der Waals surface area contributed by atoms with Crippen LogP contribution in [0.1, 0.15) is 13.8 Å². The topological polar surface area (TPSA) is 107 Å². The highest BCUT2D eigenvalue weighted by molar-refractivity contribution is 7.89. The Morgan fingerprint density at radius 2 is 1.57 bits per heavy atom. The van der Waals surface area contributed by atoms with Crippen LogP contribution in [0.4, 0.5) is 0 Å². The van der Waals surface area contributed by atoms with Crippen molar-refractivity contribution in [3.63, 3.8) is 0 Å². The van der Waals surface area contributed by atoms with Crippen LogP contribution in [0.5, 0.6) is 0 Å². The zero-order chi connectivity index (χ0) is 16.1. The molecule has 21 heavy (non-hydrogen) atoms. The van der Waals surface area contributed by atoms with Gasteiger partial charge in [-0.3, -0.25) is 0 Å². The van der Waals surface area contributed by atoms with Gasteiger partial charge in [0.15, 0.2) is 0 Å². The Balaban J connectivity index is 3.00. The number of sulfonamides is 2. The number of hydrogen-bond donors (Lipinski definition) is 1. The van der Waals surface area contributed by atoms with E-state index in [0.29, 0.717) is 19.8 Å². The Morgan fingerprint density at radius 3 is 2.00 bits per heavy atom. The molecule has 0 bridgehead atoms.